The van der Waals surface area contributed by atoms with E-state index in [1.165, 1.54) is 18.3 Å². The van der Waals surface area contributed by atoms with E-state index in [-0.39, 0.29) is 18.2 Å². The molecule has 0 aliphatic carbocycles. The van der Waals surface area contributed by atoms with Crippen LogP contribution in [0.25, 0.3) is 0 Å². The molecule has 0 saturated heterocycles. The SMILES string of the molecule is CC(=O)Nc1cccc(C(C)c2nc(CC(=O)O)cs2)c1. The molecule has 21 heavy (non-hydrogen) atoms. The van der Waals surface area contributed by atoms with Crippen molar-refractivity contribution in [3.63, 3.8) is 0 Å². The molecular weight excluding hydrogens is 288 g/mol. The third-order valence-electron chi connectivity index (χ3n) is 2.98. The highest BCUT2D eigenvalue weighted by Gasteiger charge is 2.14. The number of benzene rings is 1. The number of amides is 1. The van der Waals surface area contributed by atoms with Gasteiger partial charge in [0.05, 0.1) is 12.1 Å². The molecule has 0 bridgehead atoms. The number of carboxylic acid groups (broad SMARTS) is 1. The minimum absolute atomic E-state index is 0.0475. The van der Waals surface area contributed by atoms with E-state index in [2.05, 4.69) is 10.3 Å². The average Bonchev–Trinajstić information content (AvgIpc) is 2.85. The van der Waals surface area contributed by atoms with Crippen LogP contribution in [0.5, 0.6) is 0 Å². The van der Waals surface area contributed by atoms with E-state index in [9.17, 15) is 9.59 Å². The summed E-state index contributed by atoms with van der Waals surface area (Å²) in [7, 11) is 0. The van der Waals surface area contributed by atoms with Crippen LogP contribution in [0.4, 0.5) is 5.69 Å². The summed E-state index contributed by atoms with van der Waals surface area (Å²) in [5, 5.41) is 14.2. The lowest BCUT2D eigenvalue weighted by molar-refractivity contribution is -0.136. The van der Waals surface area contributed by atoms with Crippen LogP contribution in [0.1, 0.15) is 36.0 Å². The average molecular weight is 304 g/mol. The molecule has 1 unspecified atom stereocenters. The van der Waals surface area contributed by atoms with E-state index >= 15 is 0 Å². The Kier molecular flexibility index (Phi) is 4.70. The highest BCUT2D eigenvalue weighted by atomic mass is 32.1. The number of hydrogen-bond donors (Lipinski definition) is 2. The minimum Gasteiger partial charge on any atom is -0.481 e. The Balaban J connectivity index is 2.19. The normalized spacial score (nSPS) is 11.9. The van der Waals surface area contributed by atoms with Gasteiger partial charge in [-0.1, -0.05) is 19.1 Å². The zero-order valence-corrected chi connectivity index (χ0v) is 12.6. The van der Waals surface area contributed by atoms with E-state index in [1.807, 2.05) is 31.2 Å². The number of carbonyl (C=O) groups is 2. The van der Waals surface area contributed by atoms with Crippen molar-refractivity contribution in [3.05, 3.63) is 45.9 Å². The van der Waals surface area contributed by atoms with Crippen LogP contribution in [0.2, 0.25) is 0 Å². The first-order valence-corrected chi connectivity index (χ1v) is 7.37. The lowest BCUT2D eigenvalue weighted by Crippen LogP contribution is -2.06. The van der Waals surface area contributed by atoms with E-state index in [0.717, 1.165) is 16.3 Å². The number of hydrogen-bond acceptors (Lipinski definition) is 4. The fourth-order valence-electron chi connectivity index (χ4n) is 1.99. The number of carboxylic acids is 1. The maximum absolute atomic E-state index is 11.1. The molecule has 1 atom stereocenters. The zero-order valence-electron chi connectivity index (χ0n) is 11.8. The third kappa shape index (κ3) is 4.13. The summed E-state index contributed by atoms with van der Waals surface area (Å²) in [6, 6.07) is 7.58. The molecule has 2 aromatic rings. The monoisotopic (exact) mass is 304 g/mol. The maximum atomic E-state index is 11.1. The molecule has 0 saturated carbocycles. The van der Waals surface area contributed by atoms with E-state index in [0.29, 0.717) is 5.69 Å². The van der Waals surface area contributed by atoms with E-state index in [1.54, 1.807) is 5.38 Å². The number of nitrogens with one attached hydrogen (secondary N) is 1. The number of anilines is 1. The van der Waals surface area contributed by atoms with Crippen LogP contribution in [0.3, 0.4) is 0 Å². The van der Waals surface area contributed by atoms with Gasteiger partial charge in [-0.2, -0.15) is 0 Å². The number of thiazole rings is 1. The van der Waals surface area contributed by atoms with Gasteiger partial charge in [-0.25, -0.2) is 4.98 Å². The lowest BCUT2D eigenvalue weighted by atomic mass is 10.0. The van der Waals surface area contributed by atoms with Gasteiger partial charge in [0.15, 0.2) is 0 Å². The van der Waals surface area contributed by atoms with Crippen molar-refractivity contribution >= 4 is 28.9 Å². The van der Waals surface area contributed by atoms with Crippen molar-refractivity contribution in [3.8, 4) is 0 Å². The largest absolute Gasteiger partial charge is 0.481 e. The third-order valence-corrected chi connectivity index (χ3v) is 4.06. The number of rotatable bonds is 5. The summed E-state index contributed by atoms with van der Waals surface area (Å²) in [6.07, 6.45) is -0.0604. The summed E-state index contributed by atoms with van der Waals surface area (Å²) >= 11 is 1.45. The Morgan fingerprint density at radius 1 is 1.43 bits per heavy atom. The summed E-state index contributed by atoms with van der Waals surface area (Å²) in [4.78, 5) is 26.2. The first-order valence-electron chi connectivity index (χ1n) is 6.49. The Morgan fingerprint density at radius 3 is 2.86 bits per heavy atom. The van der Waals surface area contributed by atoms with Crippen molar-refractivity contribution in [1.29, 1.82) is 0 Å². The summed E-state index contributed by atoms with van der Waals surface area (Å²) in [5.41, 5.74) is 2.35. The zero-order chi connectivity index (χ0) is 15.4. The molecule has 1 heterocycles. The second kappa shape index (κ2) is 6.49. The molecular formula is C15H16N2O3S. The molecule has 6 heteroatoms. The molecule has 0 spiro atoms. The maximum Gasteiger partial charge on any atom is 0.309 e. The smallest absolute Gasteiger partial charge is 0.309 e. The fraction of sp³-hybridized carbons (Fsp3) is 0.267. The Labute approximate surface area is 126 Å². The Bertz CT molecular complexity index is 666. The highest BCUT2D eigenvalue weighted by molar-refractivity contribution is 7.09. The van der Waals surface area contributed by atoms with Crippen molar-refractivity contribution < 1.29 is 14.7 Å². The second-order valence-corrected chi connectivity index (χ2v) is 5.67. The van der Waals surface area contributed by atoms with Gasteiger partial charge < -0.3 is 10.4 Å². The summed E-state index contributed by atoms with van der Waals surface area (Å²) in [5.74, 6) is -0.948. The van der Waals surface area contributed by atoms with Gasteiger partial charge in [0.1, 0.15) is 5.01 Å². The standard InChI is InChI=1S/C15H16N2O3S/c1-9(15-17-13(8-21-15)7-14(19)20)11-4-3-5-12(6-11)16-10(2)18/h3-6,8-9H,7H2,1-2H3,(H,16,18)(H,19,20). The van der Waals surface area contributed by atoms with E-state index in [4.69, 9.17) is 5.11 Å². The van der Waals surface area contributed by atoms with Gasteiger partial charge in [0.25, 0.3) is 0 Å². The van der Waals surface area contributed by atoms with Crippen LogP contribution in [0.15, 0.2) is 29.6 Å². The number of nitrogens with zero attached hydrogens (tertiary/aromatic N) is 1. The number of aromatic nitrogens is 1. The first-order chi connectivity index (χ1) is 9.95. The quantitative estimate of drug-likeness (QED) is 0.890. The second-order valence-electron chi connectivity index (χ2n) is 4.78. The van der Waals surface area contributed by atoms with Crippen molar-refractivity contribution in [2.45, 2.75) is 26.2 Å². The molecule has 2 rings (SSSR count). The lowest BCUT2D eigenvalue weighted by Gasteiger charge is -2.11. The molecule has 2 N–H and O–H groups in total. The van der Waals surface area contributed by atoms with Crippen LogP contribution in [0, 0.1) is 0 Å². The van der Waals surface area contributed by atoms with Gasteiger partial charge in [-0.3, -0.25) is 9.59 Å². The van der Waals surface area contributed by atoms with Gasteiger partial charge in [0.2, 0.25) is 5.91 Å². The van der Waals surface area contributed by atoms with Crippen LogP contribution in [-0.2, 0) is 16.0 Å². The molecule has 0 fully saturated rings. The molecule has 1 amide bonds. The topological polar surface area (TPSA) is 79.3 Å². The molecule has 1 aromatic heterocycles. The molecule has 0 aliphatic heterocycles. The van der Waals surface area contributed by atoms with Crippen LogP contribution >= 0.6 is 11.3 Å². The van der Waals surface area contributed by atoms with Crippen molar-refractivity contribution in [2.24, 2.45) is 0 Å². The summed E-state index contributed by atoms with van der Waals surface area (Å²) in [6.45, 7) is 3.48. The van der Waals surface area contributed by atoms with E-state index < -0.39 is 5.97 Å². The number of carbonyl (C=O) groups excluding carboxylic acids is 1. The predicted octanol–water partition coefficient (Wildman–Crippen LogP) is 2.88. The van der Waals surface area contributed by atoms with Gasteiger partial charge in [-0.15, -0.1) is 11.3 Å². The van der Waals surface area contributed by atoms with Gasteiger partial charge >= 0.3 is 5.97 Å². The van der Waals surface area contributed by atoms with Gasteiger partial charge in [0, 0.05) is 23.9 Å². The number of aliphatic carboxylic acids is 1. The van der Waals surface area contributed by atoms with Gasteiger partial charge in [-0.05, 0) is 17.7 Å². The molecule has 1 aromatic carbocycles. The highest BCUT2D eigenvalue weighted by Crippen LogP contribution is 2.28. The molecule has 0 aliphatic rings. The molecule has 0 radical (unpaired) electrons. The molecule has 5 nitrogen and oxygen atoms in total. The fourth-order valence-corrected chi connectivity index (χ4v) is 2.89. The first kappa shape index (κ1) is 15.2. The summed E-state index contributed by atoms with van der Waals surface area (Å²) < 4.78 is 0. The Morgan fingerprint density at radius 2 is 2.19 bits per heavy atom. The van der Waals surface area contributed by atoms with Crippen molar-refractivity contribution in [1.82, 2.24) is 4.98 Å². The van der Waals surface area contributed by atoms with Crippen LogP contribution < -0.4 is 5.32 Å². The van der Waals surface area contributed by atoms with Crippen LogP contribution in [-0.4, -0.2) is 22.0 Å². The predicted molar refractivity (Wildman–Crippen MR) is 81.7 cm³/mol. The Hall–Kier alpha value is -2.21. The molecule has 110 valence electrons. The minimum atomic E-state index is -0.882. The van der Waals surface area contributed by atoms with Crippen molar-refractivity contribution in [2.75, 3.05) is 5.32 Å².